The van der Waals surface area contributed by atoms with Gasteiger partial charge in [-0.15, -0.1) is 0 Å². The number of para-hydroxylation sites is 2. The minimum absolute atomic E-state index is 0.0815. The number of anilines is 1. The molecule has 0 aliphatic heterocycles. The van der Waals surface area contributed by atoms with E-state index >= 15 is 0 Å². The summed E-state index contributed by atoms with van der Waals surface area (Å²) < 4.78 is 16.2. The van der Waals surface area contributed by atoms with E-state index in [0.717, 1.165) is 18.2 Å². The molecule has 3 aromatic rings. The quantitative estimate of drug-likeness (QED) is 0.173. The van der Waals surface area contributed by atoms with Crippen LogP contribution in [0.2, 0.25) is 0 Å². The zero-order chi connectivity index (χ0) is 27.7. The smallest absolute Gasteiger partial charge is 0.329 e. The number of rotatable bonds is 10. The molecule has 3 rings (SSSR count). The van der Waals surface area contributed by atoms with Crippen LogP contribution in [0.4, 0.5) is 17.1 Å². The van der Waals surface area contributed by atoms with Crippen molar-refractivity contribution in [1.29, 1.82) is 0 Å². The van der Waals surface area contributed by atoms with E-state index in [9.17, 15) is 29.8 Å². The summed E-state index contributed by atoms with van der Waals surface area (Å²) in [5.74, 6) is -1.57. The van der Waals surface area contributed by atoms with Crippen LogP contribution in [0.5, 0.6) is 23.0 Å². The van der Waals surface area contributed by atoms with Crippen molar-refractivity contribution >= 4 is 35.1 Å². The summed E-state index contributed by atoms with van der Waals surface area (Å²) in [7, 11) is 1.33. The van der Waals surface area contributed by atoms with Gasteiger partial charge in [-0.2, -0.15) is 5.10 Å². The summed E-state index contributed by atoms with van der Waals surface area (Å²) in [5, 5.41) is 28.5. The van der Waals surface area contributed by atoms with Gasteiger partial charge in [0.25, 0.3) is 5.69 Å². The first-order valence-corrected chi connectivity index (χ1v) is 10.9. The Balaban J connectivity index is 1.69. The third-order valence-electron chi connectivity index (χ3n) is 4.78. The first-order chi connectivity index (χ1) is 18.2. The molecule has 2 N–H and O–H groups in total. The molecule has 0 unspecified atom stereocenters. The maximum absolute atomic E-state index is 12.2. The number of nitrogens with zero attached hydrogens (tertiary/aromatic N) is 3. The van der Waals surface area contributed by atoms with E-state index in [4.69, 9.17) is 14.2 Å². The van der Waals surface area contributed by atoms with Gasteiger partial charge in [-0.3, -0.25) is 29.8 Å². The fourth-order valence-electron chi connectivity index (χ4n) is 3.06. The fraction of sp³-hybridized carbons (Fsp3) is 0.125. The SMILES string of the molecule is CCOc1ccccc1NC(=O)C(=O)N/N=C/c1ccc(Oc2ccc([N+](=O)[O-])cc2[N+](=O)[O-])c(OC)c1. The molecule has 2 amide bonds. The lowest BCUT2D eigenvalue weighted by Gasteiger charge is -2.11. The Hall–Kier alpha value is -5.53. The van der Waals surface area contributed by atoms with Crippen LogP contribution in [0.3, 0.4) is 0 Å². The second-order valence-electron chi connectivity index (χ2n) is 7.26. The lowest BCUT2D eigenvalue weighted by atomic mass is 10.2. The second kappa shape index (κ2) is 12.4. The van der Waals surface area contributed by atoms with Crippen molar-refractivity contribution < 1.29 is 33.6 Å². The molecule has 0 heterocycles. The predicted octanol–water partition coefficient (Wildman–Crippen LogP) is 3.79. The topological polar surface area (TPSA) is 185 Å². The van der Waals surface area contributed by atoms with E-state index < -0.39 is 33.0 Å². The normalized spacial score (nSPS) is 10.5. The van der Waals surface area contributed by atoms with Crippen molar-refractivity contribution in [2.75, 3.05) is 19.0 Å². The zero-order valence-corrected chi connectivity index (χ0v) is 20.1. The number of amides is 2. The number of nitro groups is 2. The van der Waals surface area contributed by atoms with Gasteiger partial charge in [-0.25, -0.2) is 5.43 Å². The molecule has 0 saturated heterocycles. The zero-order valence-electron chi connectivity index (χ0n) is 20.1. The molecule has 0 saturated carbocycles. The van der Waals surface area contributed by atoms with Crippen molar-refractivity contribution in [3.8, 4) is 23.0 Å². The lowest BCUT2D eigenvalue weighted by Crippen LogP contribution is -2.32. The highest BCUT2D eigenvalue weighted by molar-refractivity contribution is 6.39. The van der Waals surface area contributed by atoms with Gasteiger partial charge in [0.15, 0.2) is 11.5 Å². The Kier molecular flexibility index (Phi) is 8.86. The highest BCUT2D eigenvalue weighted by atomic mass is 16.6. The van der Waals surface area contributed by atoms with Gasteiger partial charge < -0.3 is 19.5 Å². The van der Waals surface area contributed by atoms with Crippen molar-refractivity contribution in [2.24, 2.45) is 5.10 Å². The van der Waals surface area contributed by atoms with E-state index in [1.165, 1.54) is 31.5 Å². The first kappa shape index (κ1) is 27.1. The summed E-state index contributed by atoms with van der Waals surface area (Å²) >= 11 is 0. The molecule has 0 spiro atoms. The molecule has 0 fully saturated rings. The Bertz CT molecular complexity index is 1410. The number of hydrazone groups is 1. The maximum Gasteiger partial charge on any atom is 0.329 e. The lowest BCUT2D eigenvalue weighted by molar-refractivity contribution is -0.394. The largest absolute Gasteiger partial charge is 0.493 e. The maximum atomic E-state index is 12.2. The van der Waals surface area contributed by atoms with Gasteiger partial charge in [0.2, 0.25) is 5.75 Å². The van der Waals surface area contributed by atoms with Gasteiger partial charge >= 0.3 is 17.5 Å². The molecule has 0 bridgehead atoms. The van der Waals surface area contributed by atoms with E-state index in [2.05, 4.69) is 15.8 Å². The standard InChI is InChI=1S/C24H21N5O9/c1-3-37-19-7-5-4-6-17(19)26-23(30)24(31)27-25-14-15-8-10-21(22(12-15)36-2)38-20-11-9-16(28(32)33)13-18(20)29(34)35/h4-14H,3H2,1-2H3,(H,26,30)(H,27,31)/b25-14+. The molecule has 14 nitrogen and oxygen atoms in total. The minimum Gasteiger partial charge on any atom is -0.493 e. The van der Waals surface area contributed by atoms with Crippen LogP contribution in [-0.4, -0.2) is 41.6 Å². The van der Waals surface area contributed by atoms with E-state index in [-0.39, 0.29) is 17.2 Å². The Labute approximate surface area is 215 Å². The average molecular weight is 523 g/mol. The Morgan fingerprint density at radius 1 is 0.921 bits per heavy atom. The molecule has 0 aliphatic rings. The number of carbonyl (C=O) groups excluding carboxylic acids is 2. The molecule has 14 heteroatoms. The van der Waals surface area contributed by atoms with Crippen LogP contribution in [0, 0.1) is 20.2 Å². The van der Waals surface area contributed by atoms with Crippen molar-refractivity contribution in [1.82, 2.24) is 5.43 Å². The van der Waals surface area contributed by atoms with Crippen LogP contribution in [0.25, 0.3) is 0 Å². The molecular weight excluding hydrogens is 502 g/mol. The summed E-state index contributed by atoms with van der Waals surface area (Å²) in [6, 6.07) is 14.0. The van der Waals surface area contributed by atoms with Gasteiger partial charge in [-0.1, -0.05) is 12.1 Å². The van der Waals surface area contributed by atoms with Gasteiger partial charge in [-0.05, 0) is 48.9 Å². The first-order valence-electron chi connectivity index (χ1n) is 10.9. The van der Waals surface area contributed by atoms with Crippen molar-refractivity contribution in [3.05, 3.63) is 86.5 Å². The second-order valence-corrected chi connectivity index (χ2v) is 7.26. The molecule has 0 aliphatic carbocycles. The number of ether oxygens (including phenoxy) is 3. The number of nitrogens with one attached hydrogen (secondary N) is 2. The average Bonchev–Trinajstić information content (AvgIpc) is 2.90. The number of non-ortho nitro benzene ring substituents is 1. The third kappa shape index (κ3) is 6.78. The third-order valence-corrected chi connectivity index (χ3v) is 4.78. The molecule has 196 valence electrons. The highest BCUT2D eigenvalue weighted by Gasteiger charge is 2.22. The summed E-state index contributed by atoms with van der Waals surface area (Å²) in [4.78, 5) is 45.0. The van der Waals surface area contributed by atoms with Crippen molar-refractivity contribution in [2.45, 2.75) is 6.92 Å². The number of carbonyl (C=O) groups is 2. The number of hydrogen-bond acceptors (Lipinski definition) is 10. The summed E-state index contributed by atoms with van der Waals surface area (Å²) in [6.07, 6.45) is 1.24. The van der Waals surface area contributed by atoms with E-state index in [1.54, 1.807) is 31.2 Å². The van der Waals surface area contributed by atoms with Gasteiger partial charge in [0, 0.05) is 6.07 Å². The Morgan fingerprint density at radius 3 is 2.34 bits per heavy atom. The number of methoxy groups -OCH3 is 1. The van der Waals surface area contributed by atoms with E-state index in [0.29, 0.717) is 23.6 Å². The number of hydrogen-bond donors (Lipinski definition) is 2. The van der Waals surface area contributed by atoms with Crippen LogP contribution in [-0.2, 0) is 9.59 Å². The predicted molar refractivity (Wildman–Crippen MR) is 135 cm³/mol. The summed E-state index contributed by atoms with van der Waals surface area (Å²) in [5.41, 5.74) is 1.79. The van der Waals surface area contributed by atoms with Crippen LogP contribution in [0.1, 0.15) is 12.5 Å². The molecule has 0 atom stereocenters. The monoisotopic (exact) mass is 523 g/mol. The minimum atomic E-state index is -1.02. The molecule has 0 radical (unpaired) electrons. The summed E-state index contributed by atoms with van der Waals surface area (Å²) in [6.45, 7) is 2.16. The van der Waals surface area contributed by atoms with Gasteiger partial charge in [0.1, 0.15) is 5.75 Å². The van der Waals surface area contributed by atoms with Crippen LogP contribution < -0.4 is 25.0 Å². The number of nitro benzene ring substituents is 2. The number of benzene rings is 3. The fourth-order valence-corrected chi connectivity index (χ4v) is 3.06. The highest BCUT2D eigenvalue weighted by Crippen LogP contribution is 2.38. The molecule has 38 heavy (non-hydrogen) atoms. The van der Waals surface area contributed by atoms with Gasteiger partial charge in [0.05, 0.1) is 41.5 Å². The Morgan fingerprint density at radius 2 is 1.66 bits per heavy atom. The molecule has 3 aromatic carbocycles. The molecular formula is C24H21N5O9. The van der Waals surface area contributed by atoms with Crippen LogP contribution >= 0.6 is 0 Å². The van der Waals surface area contributed by atoms with Crippen LogP contribution in [0.15, 0.2) is 65.8 Å². The van der Waals surface area contributed by atoms with E-state index in [1.807, 2.05) is 0 Å². The van der Waals surface area contributed by atoms with Crippen molar-refractivity contribution in [3.63, 3.8) is 0 Å². The molecule has 0 aromatic heterocycles.